The maximum absolute atomic E-state index is 13.5. The first-order chi connectivity index (χ1) is 8.65. The van der Waals surface area contributed by atoms with E-state index in [1.54, 1.807) is 6.07 Å². The average molecular weight is 249 g/mol. The van der Waals surface area contributed by atoms with Crippen LogP contribution in [0.3, 0.4) is 0 Å². The Hall–Kier alpha value is -2.21. The van der Waals surface area contributed by atoms with Gasteiger partial charge in [-0.25, -0.2) is 4.39 Å². The van der Waals surface area contributed by atoms with Gasteiger partial charge in [0, 0.05) is 25.5 Å². The number of nitrogens with two attached hydrogens (primary N) is 1. The van der Waals surface area contributed by atoms with Gasteiger partial charge in [-0.2, -0.15) is 0 Å². The molecule has 0 radical (unpaired) electrons. The largest absolute Gasteiger partial charge is 0.329 e. The minimum Gasteiger partial charge on any atom is -0.329 e. The summed E-state index contributed by atoms with van der Waals surface area (Å²) in [5.41, 5.74) is 3.87. The number of rotatable bonds is 3. The zero-order chi connectivity index (χ0) is 13.1. The first kappa shape index (κ1) is 12.3. The van der Waals surface area contributed by atoms with E-state index in [0.29, 0.717) is 0 Å². The summed E-state index contributed by atoms with van der Waals surface area (Å²) in [6.07, 6.45) is 2.78. The van der Waals surface area contributed by atoms with Gasteiger partial charge < -0.3 is 10.3 Å². The molecule has 0 amide bonds. The molecule has 0 spiro atoms. The van der Waals surface area contributed by atoms with E-state index in [1.807, 2.05) is 0 Å². The van der Waals surface area contributed by atoms with Gasteiger partial charge in [-0.15, -0.1) is 0 Å². The van der Waals surface area contributed by atoms with Crippen LogP contribution in [0.5, 0.6) is 0 Å². The van der Waals surface area contributed by atoms with Gasteiger partial charge in [0.1, 0.15) is 5.82 Å². The number of halogens is 1. The third kappa shape index (κ3) is 2.10. The van der Waals surface area contributed by atoms with Gasteiger partial charge in [-0.3, -0.25) is 14.2 Å². The van der Waals surface area contributed by atoms with Crippen molar-refractivity contribution < 1.29 is 4.39 Å². The standard InChI is InChI=1S/C12H12FN3O2/c13-9-3-1-2-4-10(9)16-8-7-15(6-5-14)11(17)12(16)18/h1-4,7-8H,5-6,14H2. The molecule has 0 atom stereocenters. The van der Waals surface area contributed by atoms with E-state index in [0.717, 1.165) is 4.57 Å². The van der Waals surface area contributed by atoms with Crippen LogP contribution in [0, 0.1) is 5.82 Å². The number of hydrogen-bond donors (Lipinski definition) is 1. The number of aromatic nitrogens is 2. The van der Waals surface area contributed by atoms with Crippen molar-refractivity contribution in [3.05, 3.63) is 63.2 Å². The third-order valence-electron chi connectivity index (χ3n) is 2.54. The Morgan fingerprint density at radius 3 is 2.50 bits per heavy atom. The summed E-state index contributed by atoms with van der Waals surface area (Å²) in [7, 11) is 0. The summed E-state index contributed by atoms with van der Waals surface area (Å²) in [5.74, 6) is -0.560. The van der Waals surface area contributed by atoms with Crippen LogP contribution < -0.4 is 16.9 Å². The minimum absolute atomic E-state index is 0.0551. The highest BCUT2D eigenvalue weighted by atomic mass is 19.1. The van der Waals surface area contributed by atoms with Crippen LogP contribution in [-0.2, 0) is 6.54 Å². The summed E-state index contributed by atoms with van der Waals surface area (Å²) in [6.45, 7) is 0.509. The Labute approximate surface area is 102 Å². The molecular formula is C12H12FN3O2. The average Bonchev–Trinajstić information content (AvgIpc) is 2.37. The topological polar surface area (TPSA) is 70.0 Å². The highest BCUT2D eigenvalue weighted by Gasteiger charge is 2.09. The predicted octanol–water partition coefficient (Wildman–Crippen LogP) is 0.0970. The number of nitrogens with zero attached hydrogens (tertiary/aromatic N) is 2. The summed E-state index contributed by atoms with van der Waals surface area (Å²) in [6, 6.07) is 5.77. The van der Waals surface area contributed by atoms with Gasteiger partial charge >= 0.3 is 11.1 Å². The summed E-state index contributed by atoms with van der Waals surface area (Å²) >= 11 is 0. The second-order valence-electron chi connectivity index (χ2n) is 3.71. The van der Waals surface area contributed by atoms with Crippen LogP contribution in [0.4, 0.5) is 4.39 Å². The molecule has 5 nitrogen and oxygen atoms in total. The lowest BCUT2D eigenvalue weighted by atomic mass is 10.3. The zero-order valence-electron chi connectivity index (χ0n) is 9.54. The van der Waals surface area contributed by atoms with Crippen molar-refractivity contribution in [1.29, 1.82) is 0 Å². The Kier molecular flexibility index (Phi) is 3.38. The molecule has 0 unspecified atom stereocenters. The molecule has 1 heterocycles. The molecule has 1 aromatic heterocycles. The van der Waals surface area contributed by atoms with Gasteiger partial charge in [-0.05, 0) is 12.1 Å². The molecule has 2 N–H and O–H groups in total. The molecule has 18 heavy (non-hydrogen) atoms. The van der Waals surface area contributed by atoms with Crippen molar-refractivity contribution in [2.45, 2.75) is 6.54 Å². The maximum Gasteiger partial charge on any atom is 0.321 e. The molecule has 94 valence electrons. The second kappa shape index (κ2) is 4.97. The molecule has 0 aliphatic heterocycles. The van der Waals surface area contributed by atoms with E-state index in [1.165, 1.54) is 35.2 Å². The molecule has 0 saturated heterocycles. The predicted molar refractivity (Wildman–Crippen MR) is 65.3 cm³/mol. The van der Waals surface area contributed by atoms with E-state index in [4.69, 9.17) is 5.73 Å². The quantitative estimate of drug-likeness (QED) is 0.784. The Balaban J connectivity index is 2.62. The van der Waals surface area contributed by atoms with Crippen molar-refractivity contribution in [3.63, 3.8) is 0 Å². The van der Waals surface area contributed by atoms with Crippen molar-refractivity contribution >= 4 is 0 Å². The van der Waals surface area contributed by atoms with E-state index >= 15 is 0 Å². The lowest BCUT2D eigenvalue weighted by Gasteiger charge is -2.08. The third-order valence-corrected chi connectivity index (χ3v) is 2.54. The molecule has 0 fully saturated rings. The molecule has 0 aliphatic carbocycles. The Morgan fingerprint density at radius 2 is 1.83 bits per heavy atom. The molecule has 1 aromatic carbocycles. The molecule has 2 aromatic rings. The van der Waals surface area contributed by atoms with Crippen LogP contribution in [0.2, 0.25) is 0 Å². The summed E-state index contributed by atoms with van der Waals surface area (Å²) < 4.78 is 15.7. The molecular weight excluding hydrogens is 237 g/mol. The molecule has 0 bridgehead atoms. The Bertz CT molecular complexity index is 676. The molecule has 0 saturated carbocycles. The fraction of sp³-hybridized carbons (Fsp3) is 0.167. The van der Waals surface area contributed by atoms with Crippen molar-refractivity contribution in [2.24, 2.45) is 5.73 Å². The van der Waals surface area contributed by atoms with Gasteiger partial charge in [0.05, 0.1) is 5.69 Å². The van der Waals surface area contributed by atoms with Gasteiger partial charge in [0.15, 0.2) is 0 Å². The fourth-order valence-corrected chi connectivity index (χ4v) is 1.66. The van der Waals surface area contributed by atoms with Crippen LogP contribution in [-0.4, -0.2) is 15.7 Å². The van der Waals surface area contributed by atoms with Crippen molar-refractivity contribution in [3.8, 4) is 5.69 Å². The van der Waals surface area contributed by atoms with Crippen LogP contribution in [0.25, 0.3) is 5.69 Å². The van der Waals surface area contributed by atoms with Gasteiger partial charge in [0.2, 0.25) is 0 Å². The number of hydrogen-bond acceptors (Lipinski definition) is 3. The van der Waals surface area contributed by atoms with Crippen LogP contribution >= 0.6 is 0 Å². The second-order valence-corrected chi connectivity index (χ2v) is 3.71. The van der Waals surface area contributed by atoms with Crippen molar-refractivity contribution in [2.75, 3.05) is 6.54 Å². The lowest BCUT2D eigenvalue weighted by Crippen LogP contribution is -2.41. The normalized spacial score (nSPS) is 10.6. The monoisotopic (exact) mass is 249 g/mol. The highest BCUT2D eigenvalue weighted by Crippen LogP contribution is 2.09. The summed E-state index contributed by atoms with van der Waals surface area (Å²) in [4.78, 5) is 23.6. The number of benzene rings is 1. The number of para-hydroxylation sites is 1. The minimum atomic E-state index is -0.795. The summed E-state index contributed by atoms with van der Waals surface area (Å²) in [5, 5.41) is 0. The van der Waals surface area contributed by atoms with E-state index in [-0.39, 0.29) is 18.8 Å². The van der Waals surface area contributed by atoms with Gasteiger partial charge in [-0.1, -0.05) is 12.1 Å². The van der Waals surface area contributed by atoms with Gasteiger partial charge in [0.25, 0.3) is 0 Å². The molecule has 2 rings (SSSR count). The zero-order valence-corrected chi connectivity index (χ0v) is 9.54. The van der Waals surface area contributed by atoms with Crippen LogP contribution in [0.1, 0.15) is 0 Å². The fourth-order valence-electron chi connectivity index (χ4n) is 1.66. The maximum atomic E-state index is 13.5. The first-order valence-corrected chi connectivity index (χ1v) is 5.42. The lowest BCUT2D eigenvalue weighted by molar-refractivity contribution is 0.608. The van der Waals surface area contributed by atoms with Crippen molar-refractivity contribution in [1.82, 2.24) is 9.13 Å². The van der Waals surface area contributed by atoms with E-state index < -0.39 is 16.9 Å². The van der Waals surface area contributed by atoms with E-state index in [9.17, 15) is 14.0 Å². The Morgan fingerprint density at radius 1 is 1.11 bits per heavy atom. The smallest absolute Gasteiger partial charge is 0.321 e. The SMILES string of the molecule is NCCn1ccn(-c2ccccc2F)c(=O)c1=O. The molecule has 0 aliphatic rings. The van der Waals surface area contributed by atoms with Crippen LogP contribution in [0.15, 0.2) is 46.2 Å². The molecule has 6 heteroatoms. The highest BCUT2D eigenvalue weighted by molar-refractivity contribution is 5.33. The van der Waals surface area contributed by atoms with E-state index in [2.05, 4.69) is 0 Å². The first-order valence-electron chi connectivity index (χ1n) is 5.42.